The van der Waals surface area contributed by atoms with E-state index in [-0.39, 0.29) is 12.5 Å². The fourth-order valence-corrected chi connectivity index (χ4v) is 3.60. The number of halogens is 1. The van der Waals surface area contributed by atoms with Gasteiger partial charge in [0.1, 0.15) is 11.8 Å². The highest BCUT2D eigenvalue weighted by molar-refractivity contribution is 9.10. The second-order valence-corrected chi connectivity index (χ2v) is 6.97. The number of nitrogens with zero attached hydrogens (tertiary/aromatic N) is 2. The number of rotatable bonds is 7. The molecule has 4 nitrogen and oxygen atoms in total. The third-order valence-corrected chi connectivity index (χ3v) is 4.83. The average Bonchev–Trinajstić information content (AvgIpc) is 3.08. The summed E-state index contributed by atoms with van der Waals surface area (Å²) in [6, 6.07) is 20.5. The van der Waals surface area contributed by atoms with E-state index >= 15 is 0 Å². The number of hydrogen-bond acceptors (Lipinski definition) is 3. The fourth-order valence-electron chi connectivity index (χ4n) is 3.18. The van der Waals surface area contributed by atoms with Crippen LogP contribution < -0.4 is 4.74 Å². The predicted molar refractivity (Wildman–Crippen MR) is 105 cm³/mol. The number of ether oxygens (including phenoxy) is 1. The van der Waals surface area contributed by atoms with Crippen molar-refractivity contribution in [2.24, 2.45) is 0 Å². The highest BCUT2D eigenvalue weighted by Crippen LogP contribution is 2.35. The zero-order chi connectivity index (χ0) is 18.4. The van der Waals surface area contributed by atoms with Crippen LogP contribution in [-0.2, 0) is 0 Å². The lowest BCUT2D eigenvalue weighted by Gasteiger charge is -2.16. The van der Waals surface area contributed by atoms with Gasteiger partial charge in [-0.25, -0.2) is 0 Å². The molecule has 2 aromatic carbocycles. The molecule has 0 spiro atoms. The van der Waals surface area contributed by atoms with Crippen LogP contribution in [0.2, 0.25) is 0 Å². The third-order valence-electron chi connectivity index (χ3n) is 4.34. The maximum atomic E-state index is 8.89. The van der Waals surface area contributed by atoms with Crippen molar-refractivity contribution in [3.63, 3.8) is 0 Å². The normalized spacial score (nSPS) is 11.7. The molecule has 0 amide bonds. The smallest absolute Gasteiger partial charge is 0.174 e. The molecule has 1 atom stereocenters. The molecule has 5 heteroatoms. The summed E-state index contributed by atoms with van der Waals surface area (Å²) in [6.45, 7) is 0.0185. The summed E-state index contributed by atoms with van der Waals surface area (Å²) < 4.78 is 6.58. The maximum absolute atomic E-state index is 8.89. The van der Waals surface area contributed by atoms with E-state index < -0.39 is 0 Å². The van der Waals surface area contributed by atoms with Gasteiger partial charge in [0.15, 0.2) is 6.61 Å². The molecule has 0 unspecified atom stereocenters. The van der Waals surface area contributed by atoms with Gasteiger partial charge in [-0.05, 0) is 42.7 Å². The fraction of sp³-hybridized carbons (Fsp3) is 0.238. The van der Waals surface area contributed by atoms with Crippen molar-refractivity contribution in [3.8, 4) is 17.9 Å². The van der Waals surface area contributed by atoms with E-state index in [1.807, 2.05) is 36.4 Å². The number of nitrogens with one attached hydrogen (secondary N) is 1. The molecule has 0 aliphatic rings. The standard InChI is InChI=1S/C21H18BrN3O/c22-17-7-3-5-15(13-17)18(8-1-2-10-23)19-14-16-6-4-9-20(21(16)25-19)26-12-11-24/h3-7,9,13-14,18,25H,1-2,8,12H2/t18-/m0/s1. The largest absolute Gasteiger partial charge is 0.477 e. The van der Waals surface area contributed by atoms with Gasteiger partial charge in [-0.1, -0.05) is 40.2 Å². The van der Waals surface area contributed by atoms with E-state index in [9.17, 15) is 0 Å². The van der Waals surface area contributed by atoms with Crippen LogP contribution in [0, 0.1) is 22.7 Å². The lowest BCUT2D eigenvalue weighted by Crippen LogP contribution is -2.02. The first-order valence-corrected chi connectivity index (χ1v) is 9.26. The van der Waals surface area contributed by atoms with Crippen LogP contribution in [0.3, 0.4) is 0 Å². The molecule has 0 bridgehead atoms. The van der Waals surface area contributed by atoms with Gasteiger partial charge in [-0.2, -0.15) is 10.5 Å². The molecule has 0 radical (unpaired) electrons. The first-order valence-electron chi connectivity index (χ1n) is 8.46. The van der Waals surface area contributed by atoms with Crippen LogP contribution in [-0.4, -0.2) is 11.6 Å². The quantitative estimate of drug-likeness (QED) is 0.513. The van der Waals surface area contributed by atoms with Crippen molar-refractivity contribution < 1.29 is 4.74 Å². The zero-order valence-electron chi connectivity index (χ0n) is 14.2. The number of H-pyrrole nitrogens is 1. The summed E-state index contributed by atoms with van der Waals surface area (Å²) >= 11 is 3.55. The molecule has 1 aromatic heterocycles. The van der Waals surface area contributed by atoms with Gasteiger partial charge >= 0.3 is 0 Å². The topological polar surface area (TPSA) is 72.6 Å². The van der Waals surface area contributed by atoms with Gasteiger partial charge in [0.2, 0.25) is 0 Å². The molecule has 3 aromatic rings. The molecule has 3 rings (SSSR count). The van der Waals surface area contributed by atoms with Crippen molar-refractivity contribution in [2.45, 2.75) is 25.2 Å². The number of aromatic nitrogens is 1. The van der Waals surface area contributed by atoms with Crippen molar-refractivity contribution >= 4 is 26.8 Å². The number of aromatic amines is 1. The zero-order valence-corrected chi connectivity index (χ0v) is 15.8. The summed E-state index contributed by atoms with van der Waals surface area (Å²) in [4.78, 5) is 3.49. The SMILES string of the molecule is N#CCCC[C@@H](c1cccc(Br)c1)c1cc2cccc(OCC#N)c2[nH]1. The van der Waals surface area contributed by atoms with Crippen molar-refractivity contribution in [3.05, 3.63) is 64.3 Å². The molecule has 0 aliphatic carbocycles. The Bertz CT molecular complexity index is 981. The van der Waals surface area contributed by atoms with Gasteiger partial charge < -0.3 is 9.72 Å². The lowest BCUT2D eigenvalue weighted by molar-refractivity contribution is 0.372. The average molecular weight is 408 g/mol. The molecule has 0 fully saturated rings. The van der Waals surface area contributed by atoms with Crippen LogP contribution in [0.25, 0.3) is 10.9 Å². The van der Waals surface area contributed by atoms with E-state index in [1.54, 1.807) is 0 Å². The Labute approximate surface area is 161 Å². The van der Waals surface area contributed by atoms with Crippen LogP contribution in [0.1, 0.15) is 36.4 Å². The molecule has 1 heterocycles. The summed E-state index contributed by atoms with van der Waals surface area (Å²) in [7, 11) is 0. The van der Waals surface area contributed by atoms with Crippen LogP contribution in [0.15, 0.2) is 53.0 Å². The minimum Gasteiger partial charge on any atom is -0.477 e. The Balaban J connectivity index is 2.00. The van der Waals surface area contributed by atoms with E-state index in [2.05, 4.69) is 45.2 Å². The monoisotopic (exact) mass is 407 g/mol. The van der Waals surface area contributed by atoms with Crippen molar-refractivity contribution in [2.75, 3.05) is 6.61 Å². The van der Waals surface area contributed by atoms with Gasteiger partial charge in [0.05, 0.1) is 11.6 Å². The first-order chi connectivity index (χ1) is 12.7. The highest BCUT2D eigenvalue weighted by Gasteiger charge is 2.18. The summed E-state index contributed by atoms with van der Waals surface area (Å²) in [5.74, 6) is 0.845. The number of para-hydroxylation sites is 1. The van der Waals surface area contributed by atoms with Crippen LogP contribution in [0.4, 0.5) is 0 Å². The minimum absolute atomic E-state index is 0.0185. The van der Waals surface area contributed by atoms with Crippen LogP contribution in [0.5, 0.6) is 5.75 Å². The van der Waals surface area contributed by atoms with Crippen LogP contribution >= 0.6 is 15.9 Å². The molecule has 130 valence electrons. The summed E-state index contributed by atoms with van der Waals surface area (Å²) in [6.07, 6.45) is 2.26. The van der Waals surface area contributed by atoms with Crippen molar-refractivity contribution in [1.82, 2.24) is 4.98 Å². The number of unbranched alkanes of at least 4 members (excludes halogenated alkanes) is 1. The first kappa shape index (κ1) is 18.0. The van der Waals surface area contributed by atoms with E-state index in [4.69, 9.17) is 15.3 Å². The van der Waals surface area contributed by atoms with Gasteiger partial charge in [-0.15, -0.1) is 0 Å². The Morgan fingerprint density at radius 3 is 2.69 bits per heavy atom. The van der Waals surface area contributed by atoms with E-state index in [0.29, 0.717) is 12.2 Å². The molecule has 0 saturated carbocycles. The van der Waals surface area contributed by atoms with Crippen molar-refractivity contribution in [1.29, 1.82) is 10.5 Å². The third kappa shape index (κ3) is 4.07. The second-order valence-electron chi connectivity index (χ2n) is 6.05. The predicted octanol–water partition coefficient (Wildman–Crippen LogP) is 5.66. The Hall–Kier alpha value is -2.76. The minimum atomic E-state index is 0.0185. The number of hydrogen-bond donors (Lipinski definition) is 1. The van der Waals surface area contributed by atoms with Gasteiger partial charge in [0, 0.05) is 27.9 Å². The number of fused-ring (bicyclic) bond motifs is 1. The van der Waals surface area contributed by atoms with Gasteiger partial charge in [0.25, 0.3) is 0 Å². The molecule has 1 N–H and O–H groups in total. The Morgan fingerprint density at radius 1 is 1.08 bits per heavy atom. The molecule has 26 heavy (non-hydrogen) atoms. The highest BCUT2D eigenvalue weighted by atomic mass is 79.9. The second kappa shape index (κ2) is 8.56. The molecular weight excluding hydrogens is 390 g/mol. The molecular formula is C21H18BrN3O. The maximum Gasteiger partial charge on any atom is 0.174 e. The summed E-state index contributed by atoms with van der Waals surface area (Å²) in [5.41, 5.74) is 3.19. The lowest BCUT2D eigenvalue weighted by atomic mass is 9.90. The summed E-state index contributed by atoms with van der Waals surface area (Å²) in [5, 5.41) is 18.7. The number of benzene rings is 2. The Kier molecular flexibility index (Phi) is 5.94. The Morgan fingerprint density at radius 2 is 1.92 bits per heavy atom. The van der Waals surface area contributed by atoms with Gasteiger partial charge in [-0.3, -0.25) is 0 Å². The van der Waals surface area contributed by atoms with E-state index in [1.165, 1.54) is 5.56 Å². The number of nitriles is 2. The molecule has 0 saturated heterocycles. The van der Waals surface area contributed by atoms with E-state index in [0.717, 1.165) is 33.9 Å². The molecule has 0 aliphatic heterocycles.